The number of aromatic nitrogens is 8. The Morgan fingerprint density at radius 2 is 1.80 bits per heavy atom. The van der Waals surface area contributed by atoms with Crippen molar-refractivity contribution in [2.45, 2.75) is 70.6 Å². The number of anilines is 2. The molecule has 0 unspecified atom stereocenters. The summed E-state index contributed by atoms with van der Waals surface area (Å²) in [7, 11) is 3.48. The monoisotopic (exact) mass is 659 g/mol. The van der Waals surface area contributed by atoms with Gasteiger partial charge in [0.05, 0.1) is 30.8 Å². The Balaban J connectivity index is 1.03. The van der Waals surface area contributed by atoms with E-state index in [1.54, 1.807) is 7.11 Å². The van der Waals surface area contributed by atoms with Crippen LogP contribution < -0.4 is 15.8 Å². The number of rotatable bonds is 7. The van der Waals surface area contributed by atoms with Crippen molar-refractivity contribution in [2.24, 2.45) is 7.05 Å². The number of fused-ring (bicyclic) bond motifs is 3. The predicted octanol–water partition coefficient (Wildman–Crippen LogP) is 5.54. The normalized spacial score (nSPS) is 18.3. The van der Waals surface area contributed by atoms with E-state index in [2.05, 4.69) is 48.8 Å². The number of benzene rings is 2. The number of nitrogens with zero attached hydrogens (tertiary/aromatic N) is 9. The van der Waals surface area contributed by atoms with E-state index < -0.39 is 0 Å². The molecule has 252 valence electrons. The van der Waals surface area contributed by atoms with E-state index in [0.29, 0.717) is 40.6 Å². The minimum atomic E-state index is -0.223. The van der Waals surface area contributed by atoms with Crippen LogP contribution >= 0.6 is 0 Å². The highest BCUT2D eigenvalue weighted by Gasteiger charge is 2.32. The smallest absolute Gasteiger partial charge is 0.272 e. The van der Waals surface area contributed by atoms with E-state index in [9.17, 15) is 4.79 Å². The molecule has 1 fully saturated rings. The quantitative estimate of drug-likeness (QED) is 0.225. The first-order chi connectivity index (χ1) is 23.8. The highest BCUT2D eigenvalue weighted by atomic mass is 16.5. The second kappa shape index (κ2) is 12.3. The fourth-order valence-electron chi connectivity index (χ4n) is 7.69. The first-order valence-electron chi connectivity index (χ1n) is 17.0. The standard InChI is InChI=1S/C36H41N11O2/c1-21(2)34-42-41-30-19-45(15-16-46(30)34)24-10-12-25(13-11-24)47-35-31(33(37)38-20-39-35)32(43-47)23-9-14-26(29(18-23)49-4)40-36(48)28-17-22-7-5-6-8-27(22)44(28)3/h5-9,14,17-18,20-21,24-25H,10-13,15-16,19H2,1-4H3,(H,40,48)(H2,37,38,39)/t24-,25+. The van der Waals surface area contributed by atoms with Gasteiger partial charge in [-0.3, -0.25) is 9.69 Å². The number of nitrogen functional groups attached to an aromatic ring is 1. The second-order valence-corrected chi connectivity index (χ2v) is 13.5. The number of aryl methyl sites for hydroxylation is 1. The van der Waals surface area contributed by atoms with Crippen LogP contribution in [0.15, 0.2) is 54.9 Å². The van der Waals surface area contributed by atoms with Crippen LogP contribution in [0.3, 0.4) is 0 Å². The highest BCUT2D eigenvalue weighted by molar-refractivity contribution is 6.07. The van der Waals surface area contributed by atoms with Crippen LogP contribution in [0.2, 0.25) is 0 Å². The van der Waals surface area contributed by atoms with Crippen LogP contribution in [0.5, 0.6) is 5.75 Å². The van der Waals surface area contributed by atoms with Gasteiger partial charge in [0.1, 0.15) is 40.9 Å². The molecule has 8 rings (SSSR count). The minimum Gasteiger partial charge on any atom is -0.495 e. The lowest BCUT2D eigenvalue weighted by Gasteiger charge is -2.39. The number of carbonyl (C=O) groups excluding carboxylic acids is 1. The van der Waals surface area contributed by atoms with E-state index >= 15 is 0 Å². The second-order valence-electron chi connectivity index (χ2n) is 13.5. The average molecular weight is 660 g/mol. The topological polar surface area (TPSA) is 147 Å². The number of ether oxygens (including phenoxy) is 1. The zero-order chi connectivity index (χ0) is 33.8. The number of hydrogen-bond donors (Lipinski definition) is 2. The van der Waals surface area contributed by atoms with Crippen LogP contribution in [0.1, 0.15) is 73.6 Å². The molecule has 6 aromatic rings. The highest BCUT2D eigenvalue weighted by Crippen LogP contribution is 2.39. The summed E-state index contributed by atoms with van der Waals surface area (Å²) in [6, 6.07) is 16.1. The third-order valence-electron chi connectivity index (χ3n) is 10.3. The fourth-order valence-corrected chi connectivity index (χ4v) is 7.69. The fraction of sp³-hybridized carbons (Fsp3) is 0.389. The third kappa shape index (κ3) is 5.38. The summed E-state index contributed by atoms with van der Waals surface area (Å²) < 4.78 is 12.0. The zero-order valence-corrected chi connectivity index (χ0v) is 28.3. The summed E-state index contributed by atoms with van der Waals surface area (Å²) in [6.07, 6.45) is 5.59. The number of carbonyl (C=O) groups is 1. The molecule has 13 heteroatoms. The summed E-state index contributed by atoms with van der Waals surface area (Å²) in [6.45, 7) is 7.14. The summed E-state index contributed by atoms with van der Waals surface area (Å²) in [5.41, 5.74) is 10.8. The van der Waals surface area contributed by atoms with Crippen molar-refractivity contribution in [1.29, 1.82) is 0 Å². The first kappa shape index (κ1) is 31.0. The van der Waals surface area contributed by atoms with Crippen molar-refractivity contribution in [2.75, 3.05) is 24.7 Å². The first-order valence-corrected chi connectivity index (χ1v) is 17.0. The Labute approximate surface area is 284 Å². The van der Waals surface area contributed by atoms with E-state index in [-0.39, 0.29) is 11.9 Å². The number of nitrogens with one attached hydrogen (secondary N) is 1. The van der Waals surface area contributed by atoms with Crippen molar-refractivity contribution < 1.29 is 9.53 Å². The van der Waals surface area contributed by atoms with Crippen LogP contribution in [0.25, 0.3) is 33.2 Å². The van der Waals surface area contributed by atoms with Crippen molar-refractivity contribution >= 4 is 39.3 Å². The molecule has 0 spiro atoms. The number of methoxy groups -OCH3 is 1. The maximum atomic E-state index is 13.4. The molecule has 2 aliphatic rings. The van der Waals surface area contributed by atoms with Gasteiger partial charge in [0.25, 0.3) is 5.91 Å². The molecule has 49 heavy (non-hydrogen) atoms. The average Bonchev–Trinajstić information content (AvgIpc) is 3.83. The molecule has 4 aromatic heterocycles. The molecule has 2 aromatic carbocycles. The van der Waals surface area contributed by atoms with Gasteiger partial charge < -0.3 is 24.9 Å². The van der Waals surface area contributed by atoms with Gasteiger partial charge >= 0.3 is 0 Å². The van der Waals surface area contributed by atoms with Crippen LogP contribution in [0, 0.1) is 0 Å². The number of amides is 1. The Morgan fingerprint density at radius 3 is 2.57 bits per heavy atom. The van der Waals surface area contributed by atoms with Crippen LogP contribution in [-0.4, -0.2) is 69.6 Å². The molecule has 3 N–H and O–H groups in total. The molecule has 1 aliphatic heterocycles. The largest absolute Gasteiger partial charge is 0.495 e. The molecule has 1 aliphatic carbocycles. The van der Waals surface area contributed by atoms with Gasteiger partial charge in [0.15, 0.2) is 5.65 Å². The molecular weight excluding hydrogens is 618 g/mol. The molecule has 0 bridgehead atoms. The lowest BCUT2D eigenvalue weighted by atomic mass is 9.90. The molecule has 0 atom stereocenters. The SMILES string of the molecule is COc1cc(-c2nn([C@H]3CC[C@@H](N4CCn5c(nnc5C(C)C)C4)CC3)c3ncnc(N)c23)ccc1NC(=O)c1cc2ccccc2n1C. The number of nitrogens with two attached hydrogens (primary N) is 1. The van der Waals surface area contributed by atoms with Crippen LogP contribution in [0.4, 0.5) is 11.5 Å². The third-order valence-corrected chi connectivity index (χ3v) is 10.3. The van der Waals surface area contributed by atoms with Crippen molar-refractivity contribution in [1.82, 2.24) is 44.0 Å². The van der Waals surface area contributed by atoms with Crippen molar-refractivity contribution in [3.63, 3.8) is 0 Å². The van der Waals surface area contributed by atoms with Gasteiger partial charge in [-0.1, -0.05) is 38.1 Å². The molecule has 1 amide bonds. The molecule has 0 radical (unpaired) electrons. The summed E-state index contributed by atoms with van der Waals surface area (Å²) in [4.78, 5) is 24.9. The molecule has 1 saturated carbocycles. The Morgan fingerprint density at radius 1 is 1.00 bits per heavy atom. The van der Waals surface area contributed by atoms with E-state index in [0.717, 1.165) is 84.5 Å². The van der Waals surface area contributed by atoms with Crippen LogP contribution in [-0.2, 0) is 20.1 Å². The van der Waals surface area contributed by atoms with Gasteiger partial charge in [-0.05, 0) is 49.9 Å². The molecule has 5 heterocycles. The van der Waals surface area contributed by atoms with Crippen molar-refractivity contribution in [3.05, 3.63) is 72.2 Å². The number of para-hydroxylation sites is 1. The summed E-state index contributed by atoms with van der Waals surface area (Å²) in [5, 5.41) is 18.9. The zero-order valence-electron chi connectivity index (χ0n) is 28.3. The number of hydrogen-bond acceptors (Lipinski definition) is 9. The lowest BCUT2D eigenvalue weighted by molar-refractivity contribution is 0.101. The van der Waals surface area contributed by atoms with E-state index in [1.807, 2.05) is 64.8 Å². The van der Waals surface area contributed by atoms with Gasteiger partial charge in [-0.25, -0.2) is 14.6 Å². The van der Waals surface area contributed by atoms with Gasteiger partial charge in [-0.15, -0.1) is 10.2 Å². The van der Waals surface area contributed by atoms with E-state index in [1.165, 1.54) is 6.33 Å². The van der Waals surface area contributed by atoms with Gasteiger partial charge in [0, 0.05) is 48.6 Å². The minimum absolute atomic E-state index is 0.184. The van der Waals surface area contributed by atoms with Gasteiger partial charge in [0.2, 0.25) is 0 Å². The summed E-state index contributed by atoms with van der Waals surface area (Å²) in [5.74, 6) is 3.20. The Kier molecular flexibility index (Phi) is 7.78. The maximum Gasteiger partial charge on any atom is 0.272 e. The predicted molar refractivity (Wildman–Crippen MR) is 188 cm³/mol. The molecule has 13 nitrogen and oxygen atoms in total. The van der Waals surface area contributed by atoms with Gasteiger partial charge in [-0.2, -0.15) is 5.10 Å². The Hall–Kier alpha value is -5.30. The molecular formula is C36H41N11O2. The molecule has 0 saturated heterocycles. The van der Waals surface area contributed by atoms with E-state index in [4.69, 9.17) is 15.6 Å². The Bertz CT molecular complexity index is 2190. The summed E-state index contributed by atoms with van der Waals surface area (Å²) >= 11 is 0. The lowest BCUT2D eigenvalue weighted by Crippen LogP contribution is -2.43. The van der Waals surface area contributed by atoms with Crippen molar-refractivity contribution in [3.8, 4) is 17.0 Å². The maximum absolute atomic E-state index is 13.4.